The van der Waals surface area contributed by atoms with Crippen LogP contribution in [0, 0.1) is 5.92 Å². The lowest BCUT2D eigenvalue weighted by Gasteiger charge is -2.37. The summed E-state index contributed by atoms with van der Waals surface area (Å²) in [6, 6.07) is 4.52. The van der Waals surface area contributed by atoms with Crippen LogP contribution in [0.25, 0.3) is 0 Å². The molecule has 1 saturated heterocycles. The quantitative estimate of drug-likeness (QED) is 0.345. The van der Waals surface area contributed by atoms with Crippen molar-refractivity contribution in [3.63, 3.8) is 0 Å². The zero-order chi connectivity index (χ0) is 18.9. The smallest absolute Gasteiger partial charge is 0.191 e. The first kappa shape index (κ1) is 23.9. The number of nitrogens with one attached hydrogen (secondary N) is 2. The van der Waals surface area contributed by atoms with Crippen LogP contribution in [0.15, 0.2) is 23.3 Å². The Morgan fingerprint density at radius 3 is 2.59 bits per heavy atom. The lowest BCUT2D eigenvalue weighted by atomic mass is 10.0. The Morgan fingerprint density at radius 1 is 1.30 bits per heavy atom. The summed E-state index contributed by atoms with van der Waals surface area (Å²) in [4.78, 5) is 13.4. The van der Waals surface area contributed by atoms with E-state index in [1.807, 2.05) is 38.3 Å². The molecule has 0 spiro atoms. The number of guanidine groups is 1. The molecule has 154 valence electrons. The van der Waals surface area contributed by atoms with Crippen LogP contribution >= 0.6 is 24.0 Å². The lowest BCUT2D eigenvalue weighted by Crippen LogP contribution is -2.52. The Labute approximate surface area is 181 Å². The molecule has 0 aliphatic carbocycles. The number of ether oxygens (including phenoxy) is 1. The van der Waals surface area contributed by atoms with Crippen molar-refractivity contribution >= 4 is 35.8 Å². The fourth-order valence-electron chi connectivity index (χ4n) is 3.27. The number of morpholine rings is 1. The van der Waals surface area contributed by atoms with E-state index in [9.17, 15) is 0 Å². The van der Waals surface area contributed by atoms with Gasteiger partial charge in [-0.15, -0.1) is 24.0 Å². The maximum Gasteiger partial charge on any atom is 0.191 e. The van der Waals surface area contributed by atoms with Crippen LogP contribution in [-0.2, 0) is 11.3 Å². The molecule has 2 heterocycles. The van der Waals surface area contributed by atoms with E-state index in [1.54, 1.807) is 0 Å². The number of hydrogen-bond donors (Lipinski definition) is 2. The third kappa shape index (κ3) is 7.42. The highest BCUT2D eigenvalue weighted by Gasteiger charge is 2.23. The van der Waals surface area contributed by atoms with Crippen LogP contribution in [0.3, 0.4) is 0 Å². The summed E-state index contributed by atoms with van der Waals surface area (Å²) < 4.78 is 5.49. The van der Waals surface area contributed by atoms with Gasteiger partial charge in [0.05, 0.1) is 13.2 Å². The number of aromatic nitrogens is 1. The van der Waals surface area contributed by atoms with Gasteiger partial charge in [0.1, 0.15) is 5.82 Å². The molecule has 0 saturated carbocycles. The molecule has 2 rings (SSSR count). The first-order valence-corrected chi connectivity index (χ1v) is 9.40. The number of hydrogen-bond acceptors (Lipinski definition) is 5. The highest BCUT2D eigenvalue weighted by molar-refractivity contribution is 14.0. The van der Waals surface area contributed by atoms with Crippen molar-refractivity contribution in [3.05, 3.63) is 23.9 Å². The summed E-state index contributed by atoms with van der Waals surface area (Å²) in [6.07, 6.45) is 1.82. The molecule has 1 atom stereocenters. The van der Waals surface area contributed by atoms with E-state index >= 15 is 0 Å². The number of aliphatic imine (C=N–C) groups is 1. The average Bonchev–Trinajstić information content (AvgIpc) is 2.65. The number of rotatable bonds is 7. The van der Waals surface area contributed by atoms with Gasteiger partial charge in [0.2, 0.25) is 0 Å². The van der Waals surface area contributed by atoms with Gasteiger partial charge >= 0.3 is 0 Å². The largest absolute Gasteiger partial charge is 0.379 e. The zero-order valence-electron chi connectivity index (χ0n) is 17.2. The fraction of sp³-hybridized carbons (Fsp3) is 0.684. The van der Waals surface area contributed by atoms with Gasteiger partial charge in [-0.1, -0.05) is 19.9 Å². The molecule has 0 aromatic carbocycles. The summed E-state index contributed by atoms with van der Waals surface area (Å²) in [6.45, 7) is 9.75. The van der Waals surface area contributed by atoms with E-state index in [-0.39, 0.29) is 24.0 Å². The fourth-order valence-corrected chi connectivity index (χ4v) is 3.27. The second-order valence-electron chi connectivity index (χ2n) is 7.15. The molecule has 0 radical (unpaired) electrons. The Bertz CT molecular complexity index is 575. The van der Waals surface area contributed by atoms with Crippen molar-refractivity contribution < 1.29 is 4.74 Å². The molecule has 0 amide bonds. The second-order valence-corrected chi connectivity index (χ2v) is 7.15. The van der Waals surface area contributed by atoms with E-state index < -0.39 is 0 Å². The SMILES string of the molecule is CN=C(NCc1cccnc1N(C)C)NCC(C(C)C)N1CCOCC1.I. The summed E-state index contributed by atoms with van der Waals surface area (Å²) >= 11 is 0. The van der Waals surface area contributed by atoms with Gasteiger partial charge in [-0.05, 0) is 12.0 Å². The minimum absolute atomic E-state index is 0. The monoisotopic (exact) mass is 490 g/mol. The van der Waals surface area contributed by atoms with Gasteiger partial charge in [0.25, 0.3) is 0 Å². The van der Waals surface area contributed by atoms with Gasteiger partial charge in [-0.25, -0.2) is 4.98 Å². The molecular formula is C19H35IN6O. The molecule has 27 heavy (non-hydrogen) atoms. The van der Waals surface area contributed by atoms with Gasteiger partial charge in [0, 0.05) is 65.1 Å². The van der Waals surface area contributed by atoms with Gasteiger partial charge < -0.3 is 20.3 Å². The molecule has 7 nitrogen and oxygen atoms in total. The minimum Gasteiger partial charge on any atom is -0.379 e. The highest BCUT2D eigenvalue weighted by atomic mass is 127. The first-order valence-electron chi connectivity index (χ1n) is 9.40. The van der Waals surface area contributed by atoms with E-state index in [2.05, 4.69) is 45.4 Å². The molecule has 1 fully saturated rings. The van der Waals surface area contributed by atoms with Crippen molar-refractivity contribution in [2.75, 3.05) is 58.9 Å². The molecule has 8 heteroatoms. The third-order valence-corrected chi connectivity index (χ3v) is 4.72. The minimum atomic E-state index is 0. The normalized spacial score (nSPS) is 16.6. The van der Waals surface area contributed by atoms with Crippen molar-refractivity contribution in [1.29, 1.82) is 0 Å². The standard InChI is InChI=1S/C19H34N6O.HI/c1-15(2)17(25-9-11-26-12-10-25)14-23-19(20-3)22-13-16-7-6-8-21-18(16)24(4)5;/h6-8,15,17H,9-14H2,1-5H3,(H2,20,22,23);1H. The maximum atomic E-state index is 5.49. The third-order valence-electron chi connectivity index (χ3n) is 4.72. The number of nitrogens with zero attached hydrogens (tertiary/aromatic N) is 4. The zero-order valence-corrected chi connectivity index (χ0v) is 19.6. The topological polar surface area (TPSA) is 65.0 Å². The number of anilines is 1. The van der Waals surface area contributed by atoms with E-state index in [0.717, 1.165) is 50.2 Å². The molecule has 0 bridgehead atoms. The van der Waals surface area contributed by atoms with Crippen LogP contribution in [0.1, 0.15) is 19.4 Å². The predicted octanol–water partition coefficient (Wildman–Crippen LogP) is 1.79. The summed E-state index contributed by atoms with van der Waals surface area (Å²) in [5.74, 6) is 2.36. The van der Waals surface area contributed by atoms with Crippen LogP contribution in [-0.4, -0.2) is 75.9 Å². The summed E-state index contributed by atoms with van der Waals surface area (Å²) in [5, 5.41) is 6.90. The Kier molecular flexibility index (Phi) is 10.9. The van der Waals surface area contributed by atoms with Gasteiger partial charge in [0.15, 0.2) is 5.96 Å². The second kappa shape index (κ2) is 12.4. The molecule has 2 N–H and O–H groups in total. The molecular weight excluding hydrogens is 455 g/mol. The van der Waals surface area contributed by atoms with E-state index in [4.69, 9.17) is 4.74 Å². The summed E-state index contributed by atoms with van der Waals surface area (Å²) in [7, 11) is 5.83. The van der Waals surface area contributed by atoms with Crippen molar-refractivity contribution in [2.45, 2.75) is 26.4 Å². The maximum absolute atomic E-state index is 5.49. The lowest BCUT2D eigenvalue weighted by molar-refractivity contribution is 0.00752. The van der Waals surface area contributed by atoms with Crippen molar-refractivity contribution in [1.82, 2.24) is 20.5 Å². The Morgan fingerprint density at radius 2 is 2.00 bits per heavy atom. The number of halogens is 1. The number of pyridine rings is 1. The van der Waals surface area contributed by atoms with E-state index in [0.29, 0.717) is 18.5 Å². The van der Waals surface area contributed by atoms with Crippen molar-refractivity contribution in [3.8, 4) is 0 Å². The highest BCUT2D eigenvalue weighted by Crippen LogP contribution is 2.14. The molecule has 1 aliphatic heterocycles. The summed E-state index contributed by atoms with van der Waals surface area (Å²) in [5.41, 5.74) is 1.15. The molecule has 1 aromatic heterocycles. The van der Waals surface area contributed by atoms with E-state index in [1.165, 1.54) is 0 Å². The molecule has 1 aromatic rings. The van der Waals surface area contributed by atoms with Gasteiger partial charge in [-0.3, -0.25) is 9.89 Å². The van der Waals surface area contributed by atoms with Crippen LogP contribution in [0.2, 0.25) is 0 Å². The molecule has 1 unspecified atom stereocenters. The van der Waals surface area contributed by atoms with Crippen LogP contribution < -0.4 is 15.5 Å². The Hall–Kier alpha value is -1.13. The van der Waals surface area contributed by atoms with Crippen LogP contribution in [0.4, 0.5) is 5.82 Å². The average molecular weight is 490 g/mol. The van der Waals surface area contributed by atoms with Crippen LogP contribution in [0.5, 0.6) is 0 Å². The first-order chi connectivity index (χ1) is 12.5. The van der Waals surface area contributed by atoms with Crippen molar-refractivity contribution in [2.24, 2.45) is 10.9 Å². The van der Waals surface area contributed by atoms with Gasteiger partial charge in [-0.2, -0.15) is 0 Å². The Balaban J connectivity index is 0.00000364. The molecule has 1 aliphatic rings. The predicted molar refractivity (Wildman–Crippen MR) is 123 cm³/mol.